The molecule has 0 radical (unpaired) electrons. The van der Waals surface area contributed by atoms with Gasteiger partial charge in [-0.15, -0.1) is 0 Å². The van der Waals surface area contributed by atoms with Crippen molar-refractivity contribution in [1.29, 1.82) is 0 Å². The third-order valence-electron chi connectivity index (χ3n) is 3.77. The van der Waals surface area contributed by atoms with E-state index >= 15 is 0 Å². The van der Waals surface area contributed by atoms with E-state index in [4.69, 9.17) is 0 Å². The molecule has 0 aliphatic heterocycles. The van der Waals surface area contributed by atoms with Gasteiger partial charge in [-0.2, -0.15) is 0 Å². The van der Waals surface area contributed by atoms with Gasteiger partial charge in [0.15, 0.2) is 0 Å². The molecule has 2 N–H and O–H groups in total. The van der Waals surface area contributed by atoms with Gasteiger partial charge in [0.25, 0.3) is 0 Å². The summed E-state index contributed by atoms with van der Waals surface area (Å²) in [6.45, 7) is 0. The fraction of sp³-hybridized carbons (Fsp3) is 0.235. The van der Waals surface area contributed by atoms with Crippen LogP contribution in [0.4, 0.5) is 4.39 Å². The van der Waals surface area contributed by atoms with E-state index in [1.54, 1.807) is 12.1 Å². The molecule has 0 saturated carbocycles. The fourth-order valence-electron chi connectivity index (χ4n) is 2.80. The van der Waals surface area contributed by atoms with Crippen molar-refractivity contribution in [3.63, 3.8) is 0 Å². The normalized spacial score (nSPS) is 20.1. The third-order valence-corrected chi connectivity index (χ3v) is 3.77. The van der Waals surface area contributed by atoms with E-state index in [2.05, 4.69) is 5.32 Å². The Morgan fingerprint density at radius 3 is 2.86 bits per heavy atom. The molecule has 0 bridgehead atoms. The van der Waals surface area contributed by atoms with Crippen LogP contribution >= 0.6 is 0 Å². The van der Waals surface area contributed by atoms with Crippen LogP contribution in [0.5, 0.6) is 0 Å². The average molecular weight is 285 g/mol. The van der Waals surface area contributed by atoms with Crippen molar-refractivity contribution in [2.75, 3.05) is 0 Å². The topological polar surface area (TPSA) is 49.3 Å². The summed E-state index contributed by atoms with van der Waals surface area (Å²) < 4.78 is 13.1. The molecule has 2 aromatic carbocycles. The number of aliphatic hydroxyl groups is 1. The molecule has 108 valence electrons. The minimum Gasteiger partial charge on any atom is -0.390 e. The van der Waals surface area contributed by atoms with E-state index in [-0.39, 0.29) is 24.2 Å². The number of halogens is 1. The van der Waals surface area contributed by atoms with Crippen molar-refractivity contribution in [2.24, 2.45) is 0 Å². The lowest BCUT2D eigenvalue weighted by molar-refractivity contribution is -0.121. The largest absolute Gasteiger partial charge is 0.390 e. The monoisotopic (exact) mass is 285 g/mol. The van der Waals surface area contributed by atoms with Gasteiger partial charge in [0, 0.05) is 6.42 Å². The molecule has 4 heteroatoms. The predicted octanol–water partition coefficient (Wildman–Crippen LogP) is 2.14. The second kappa shape index (κ2) is 5.66. The molecule has 0 spiro atoms. The Hall–Kier alpha value is -2.20. The van der Waals surface area contributed by atoms with Crippen LogP contribution in [-0.2, 0) is 17.6 Å². The molecule has 3 rings (SSSR count). The molecule has 0 heterocycles. The quantitative estimate of drug-likeness (QED) is 0.907. The summed E-state index contributed by atoms with van der Waals surface area (Å²) in [6, 6.07) is 13.3. The minimum atomic E-state index is -0.612. The molecule has 1 aliphatic carbocycles. The Labute approximate surface area is 122 Å². The zero-order valence-corrected chi connectivity index (χ0v) is 11.4. The SMILES string of the molecule is O=C(Cc1cccc(F)c1)N[C@H]1c2ccccc2C[C@H]1O. The highest BCUT2D eigenvalue weighted by Gasteiger charge is 2.31. The fourth-order valence-corrected chi connectivity index (χ4v) is 2.80. The summed E-state index contributed by atoms with van der Waals surface area (Å²) in [5, 5.41) is 12.9. The lowest BCUT2D eigenvalue weighted by atomic mass is 10.1. The van der Waals surface area contributed by atoms with Crippen LogP contribution < -0.4 is 5.32 Å². The third kappa shape index (κ3) is 2.95. The summed E-state index contributed by atoms with van der Waals surface area (Å²) in [6.07, 6.45) is 0.0309. The predicted molar refractivity (Wildman–Crippen MR) is 77.1 cm³/mol. The van der Waals surface area contributed by atoms with Crippen LogP contribution in [0, 0.1) is 5.82 Å². The van der Waals surface area contributed by atoms with Crippen molar-refractivity contribution in [3.8, 4) is 0 Å². The first-order valence-electron chi connectivity index (χ1n) is 6.93. The molecule has 21 heavy (non-hydrogen) atoms. The van der Waals surface area contributed by atoms with Gasteiger partial charge in [-0.25, -0.2) is 4.39 Å². The number of carbonyl (C=O) groups is 1. The highest BCUT2D eigenvalue weighted by atomic mass is 19.1. The first kappa shape index (κ1) is 13.8. The Morgan fingerprint density at radius 2 is 2.05 bits per heavy atom. The maximum absolute atomic E-state index is 13.1. The number of amides is 1. The van der Waals surface area contributed by atoms with E-state index < -0.39 is 6.10 Å². The smallest absolute Gasteiger partial charge is 0.224 e. The lowest BCUT2D eigenvalue weighted by Crippen LogP contribution is -2.34. The maximum Gasteiger partial charge on any atom is 0.224 e. The molecule has 1 aliphatic rings. The van der Waals surface area contributed by atoms with Gasteiger partial charge in [0.05, 0.1) is 18.6 Å². The molecule has 2 aromatic rings. The number of carbonyl (C=O) groups excluding carboxylic acids is 1. The molecule has 0 saturated heterocycles. The van der Waals surface area contributed by atoms with Gasteiger partial charge in [0.2, 0.25) is 5.91 Å². The molecule has 0 fully saturated rings. The molecule has 3 nitrogen and oxygen atoms in total. The maximum atomic E-state index is 13.1. The van der Waals surface area contributed by atoms with Gasteiger partial charge < -0.3 is 10.4 Å². The van der Waals surface area contributed by atoms with E-state index in [0.717, 1.165) is 11.1 Å². The molecule has 0 unspecified atom stereocenters. The minimum absolute atomic E-state index is 0.100. The van der Waals surface area contributed by atoms with Crippen molar-refractivity contribution >= 4 is 5.91 Å². The summed E-state index contributed by atoms with van der Waals surface area (Å²) in [7, 11) is 0. The molecule has 1 amide bonds. The number of benzene rings is 2. The highest BCUT2D eigenvalue weighted by molar-refractivity contribution is 5.79. The number of fused-ring (bicyclic) bond motifs is 1. The van der Waals surface area contributed by atoms with Gasteiger partial charge in [-0.3, -0.25) is 4.79 Å². The van der Waals surface area contributed by atoms with E-state index in [1.165, 1.54) is 12.1 Å². The lowest BCUT2D eigenvalue weighted by Gasteiger charge is -2.18. The Balaban J connectivity index is 1.70. The standard InChI is InChI=1S/C17H16FNO2/c18-13-6-3-4-11(8-13)9-16(21)19-17-14-7-2-1-5-12(14)10-15(17)20/h1-8,15,17,20H,9-10H2,(H,19,21)/t15-,17+/m1/s1. The van der Waals surface area contributed by atoms with E-state index in [0.29, 0.717) is 12.0 Å². The van der Waals surface area contributed by atoms with Crippen LogP contribution in [-0.4, -0.2) is 17.1 Å². The number of rotatable bonds is 3. The summed E-state index contributed by atoms with van der Waals surface area (Å²) in [4.78, 5) is 12.1. The summed E-state index contributed by atoms with van der Waals surface area (Å²) >= 11 is 0. The first-order valence-corrected chi connectivity index (χ1v) is 6.93. The van der Waals surface area contributed by atoms with Crippen molar-refractivity contribution in [2.45, 2.75) is 25.0 Å². The number of hydrogen-bond donors (Lipinski definition) is 2. The van der Waals surface area contributed by atoms with Crippen molar-refractivity contribution in [1.82, 2.24) is 5.32 Å². The average Bonchev–Trinajstić information content (AvgIpc) is 2.75. The number of aliphatic hydroxyl groups excluding tert-OH is 1. The van der Waals surface area contributed by atoms with E-state index in [9.17, 15) is 14.3 Å². The van der Waals surface area contributed by atoms with Crippen molar-refractivity contribution < 1.29 is 14.3 Å². The van der Waals surface area contributed by atoms with Gasteiger partial charge in [-0.05, 0) is 28.8 Å². The second-order valence-electron chi connectivity index (χ2n) is 5.32. The Bertz CT molecular complexity index is 671. The number of hydrogen-bond acceptors (Lipinski definition) is 2. The summed E-state index contributed by atoms with van der Waals surface area (Å²) in [5.74, 6) is -0.576. The van der Waals surface area contributed by atoms with Crippen LogP contribution in [0.1, 0.15) is 22.7 Å². The molecule has 2 atom stereocenters. The summed E-state index contributed by atoms with van der Waals surface area (Å²) in [5.41, 5.74) is 2.63. The Morgan fingerprint density at radius 1 is 1.24 bits per heavy atom. The van der Waals surface area contributed by atoms with Crippen LogP contribution in [0.25, 0.3) is 0 Å². The van der Waals surface area contributed by atoms with Crippen molar-refractivity contribution in [3.05, 3.63) is 71.0 Å². The Kier molecular flexibility index (Phi) is 3.71. The van der Waals surface area contributed by atoms with Gasteiger partial charge in [-0.1, -0.05) is 36.4 Å². The van der Waals surface area contributed by atoms with Gasteiger partial charge in [0.1, 0.15) is 5.82 Å². The van der Waals surface area contributed by atoms with Crippen LogP contribution in [0.15, 0.2) is 48.5 Å². The zero-order chi connectivity index (χ0) is 14.8. The highest BCUT2D eigenvalue weighted by Crippen LogP contribution is 2.31. The van der Waals surface area contributed by atoms with E-state index in [1.807, 2.05) is 24.3 Å². The first-order chi connectivity index (χ1) is 10.1. The second-order valence-corrected chi connectivity index (χ2v) is 5.32. The van der Waals surface area contributed by atoms with Crippen LogP contribution in [0.3, 0.4) is 0 Å². The molecular weight excluding hydrogens is 269 g/mol. The zero-order valence-electron chi connectivity index (χ0n) is 11.4. The molecule has 0 aromatic heterocycles. The number of nitrogens with one attached hydrogen (secondary N) is 1. The molecular formula is C17H16FNO2. The van der Waals surface area contributed by atoms with Gasteiger partial charge >= 0.3 is 0 Å². The van der Waals surface area contributed by atoms with Crippen LogP contribution in [0.2, 0.25) is 0 Å².